The molecule has 2 heterocycles. The van der Waals surface area contributed by atoms with Crippen LogP contribution >= 0.6 is 0 Å². The Labute approximate surface area is 121 Å². The number of aromatic nitrogens is 1. The Balaban J connectivity index is 1.91. The van der Waals surface area contributed by atoms with E-state index in [0.717, 1.165) is 27.6 Å². The molecule has 4 rings (SSSR count). The van der Waals surface area contributed by atoms with Crippen LogP contribution in [0.25, 0.3) is 21.9 Å². The van der Waals surface area contributed by atoms with Crippen LogP contribution < -0.4 is 0 Å². The Morgan fingerprint density at radius 1 is 1.05 bits per heavy atom. The maximum atomic E-state index is 12.8. The van der Waals surface area contributed by atoms with Gasteiger partial charge in [0.2, 0.25) is 5.78 Å². The molecule has 3 nitrogen and oxygen atoms in total. The third kappa shape index (κ3) is 1.78. The maximum absolute atomic E-state index is 12.8. The number of carbonyl (C=O) groups excluding carboxylic acids is 1. The number of fused-ring (bicyclic) bond motifs is 2. The lowest BCUT2D eigenvalue weighted by Crippen LogP contribution is -2.00. The van der Waals surface area contributed by atoms with Crippen molar-refractivity contribution in [2.75, 3.05) is 0 Å². The van der Waals surface area contributed by atoms with Gasteiger partial charge in [0.15, 0.2) is 5.76 Å². The first-order valence-electron chi connectivity index (χ1n) is 6.84. The summed E-state index contributed by atoms with van der Waals surface area (Å²) in [4.78, 5) is 16.0. The first-order valence-corrected chi connectivity index (χ1v) is 6.84. The van der Waals surface area contributed by atoms with E-state index in [4.69, 9.17) is 4.42 Å². The summed E-state index contributed by atoms with van der Waals surface area (Å²) in [5.74, 6) is 0.296. The van der Waals surface area contributed by atoms with Gasteiger partial charge in [-0.3, -0.25) is 4.79 Å². The number of benzene rings is 2. The van der Waals surface area contributed by atoms with Gasteiger partial charge in [0.05, 0.1) is 5.56 Å². The van der Waals surface area contributed by atoms with E-state index in [0.29, 0.717) is 11.3 Å². The summed E-state index contributed by atoms with van der Waals surface area (Å²) in [7, 11) is 0. The van der Waals surface area contributed by atoms with Crippen molar-refractivity contribution >= 4 is 27.7 Å². The molecule has 0 unspecified atom stereocenters. The lowest BCUT2D eigenvalue weighted by Gasteiger charge is -1.97. The van der Waals surface area contributed by atoms with Gasteiger partial charge in [-0.05, 0) is 25.1 Å². The van der Waals surface area contributed by atoms with Gasteiger partial charge in [-0.25, -0.2) is 0 Å². The second-order valence-electron chi connectivity index (χ2n) is 5.15. The highest BCUT2D eigenvalue weighted by atomic mass is 16.3. The van der Waals surface area contributed by atoms with Crippen molar-refractivity contribution < 1.29 is 9.21 Å². The summed E-state index contributed by atoms with van der Waals surface area (Å²) < 4.78 is 5.69. The van der Waals surface area contributed by atoms with E-state index in [1.807, 2.05) is 55.5 Å². The van der Waals surface area contributed by atoms with E-state index >= 15 is 0 Å². The molecule has 0 aliphatic rings. The van der Waals surface area contributed by atoms with Gasteiger partial charge in [-0.15, -0.1) is 0 Å². The smallest absolute Gasteiger partial charge is 0.230 e. The van der Waals surface area contributed by atoms with Crippen LogP contribution in [0.4, 0.5) is 0 Å². The summed E-state index contributed by atoms with van der Waals surface area (Å²) in [6, 6.07) is 17.3. The Hall–Kier alpha value is -2.81. The molecule has 0 saturated heterocycles. The van der Waals surface area contributed by atoms with Crippen LogP contribution in [-0.2, 0) is 0 Å². The van der Waals surface area contributed by atoms with Gasteiger partial charge in [0.25, 0.3) is 0 Å². The van der Waals surface area contributed by atoms with Crippen LogP contribution in [0.3, 0.4) is 0 Å². The van der Waals surface area contributed by atoms with Crippen LogP contribution in [0.2, 0.25) is 0 Å². The molecule has 3 heteroatoms. The van der Waals surface area contributed by atoms with Crippen LogP contribution in [0.5, 0.6) is 0 Å². The molecule has 21 heavy (non-hydrogen) atoms. The molecule has 0 aliphatic heterocycles. The van der Waals surface area contributed by atoms with Crippen molar-refractivity contribution in [2.45, 2.75) is 6.92 Å². The standard InChI is InChI=1S/C18H13NO2/c1-11-17(13-7-3-4-8-14(13)19-11)18(20)16-10-12-6-2-5-9-15(12)21-16/h2-10,19H,1H3. The minimum atomic E-state index is -0.0823. The zero-order valence-corrected chi connectivity index (χ0v) is 11.5. The molecule has 2 aromatic carbocycles. The highest BCUT2D eigenvalue weighted by Gasteiger charge is 2.20. The third-order valence-electron chi connectivity index (χ3n) is 3.77. The largest absolute Gasteiger partial charge is 0.453 e. The lowest BCUT2D eigenvalue weighted by atomic mass is 10.0. The first kappa shape index (κ1) is 12.0. The predicted molar refractivity (Wildman–Crippen MR) is 82.7 cm³/mol. The van der Waals surface area contributed by atoms with Crippen molar-refractivity contribution in [3.63, 3.8) is 0 Å². The van der Waals surface area contributed by atoms with E-state index in [1.54, 1.807) is 6.07 Å². The summed E-state index contributed by atoms with van der Waals surface area (Å²) in [5, 5.41) is 1.87. The monoisotopic (exact) mass is 275 g/mol. The van der Waals surface area contributed by atoms with E-state index in [9.17, 15) is 4.79 Å². The molecule has 0 saturated carbocycles. The molecule has 102 valence electrons. The Bertz CT molecular complexity index is 942. The fourth-order valence-corrected chi connectivity index (χ4v) is 2.79. The van der Waals surface area contributed by atoms with Crippen LogP contribution in [0.1, 0.15) is 21.8 Å². The van der Waals surface area contributed by atoms with Crippen LogP contribution in [0.15, 0.2) is 59.0 Å². The average molecular weight is 275 g/mol. The normalized spacial score (nSPS) is 11.3. The fraction of sp³-hybridized carbons (Fsp3) is 0.0556. The lowest BCUT2D eigenvalue weighted by molar-refractivity contribution is 0.101. The fourth-order valence-electron chi connectivity index (χ4n) is 2.79. The molecule has 0 fully saturated rings. The molecule has 0 radical (unpaired) electrons. The maximum Gasteiger partial charge on any atom is 0.230 e. The van der Waals surface area contributed by atoms with Crippen molar-refractivity contribution in [2.24, 2.45) is 0 Å². The summed E-state index contributed by atoms with van der Waals surface area (Å²) in [5.41, 5.74) is 3.25. The molecular formula is C18H13NO2. The number of carbonyl (C=O) groups is 1. The van der Waals surface area contributed by atoms with E-state index in [-0.39, 0.29) is 5.78 Å². The SMILES string of the molecule is Cc1[nH]c2ccccc2c1C(=O)c1cc2ccccc2o1. The second-order valence-corrected chi connectivity index (χ2v) is 5.15. The molecular weight excluding hydrogens is 262 g/mol. The highest BCUT2D eigenvalue weighted by molar-refractivity contribution is 6.17. The van der Waals surface area contributed by atoms with Gasteiger partial charge in [-0.1, -0.05) is 36.4 Å². The van der Waals surface area contributed by atoms with Crippen molar-refractivity contribution in [3.8, 4) is 0 Å². The van der Waals surface area contributed by atoms with Gasteiger partial charge in [0, 0.05) is 22.0 Å². The number of hydrogen-bond acceptors (Lipinski definition) is 2. The van der Waals surface area contributed by atoms with E-state index in [2.05, 4.69) is 4.98 Å². The number of para-hydroxylation sites is 2. The Kier molecular flexibility index (Phi) is 2.48. The molecule has 0 amide bonds. The van der Waals surface area contributed by atoms with Crippen molar-refractivity contribution in [3.05, 3.63) is 71.6 Å². The van der Waals surface area contributed by atoms with Crippen LogP contribution in [-0.4, -0.2) is 10.8 Å². The molecule has 1 N–H and O–H groups in total. The highest BCUT2D eigenvalue weighted by Crippen LogP contribution is 2.27. The number of furan rings is 1. The molecule has 0 bridgehead atoms. The third-order valence-corrected chi connectivity index (χ3v) is 3.77. The molecule has 0 atom stereocenters. The van der Waals surface area contributed by atoms with Crippen molar-refractivity contribution in [1.29, 1.82) is 0 Å². The topological polar surface area (TPSA) is 46.0 Å². The quantitative estimate of drug-likeness (QED) is 0.549. The molecule has 0 aliphatic carbocycles. The minimum absolute atomic E-state index is 0.0823. The van der Waals surface area contributed by atoms with Crippen LogP contribution in [0, 0.1) is 6.92 Å². The number of aryl methyl sites for hydroxylation is 1. The minimum Gasteiger partial charge on any atom is -0.453 e. The number of rotatable bonds is 2. The molecule has 4 aromatic rings. The zero-order valence-electron chi connectivity index (χ0n) is 11.5. The van der Waals surface area contributed by atoms with Gasteiger partial charge >= 0.3 is 0 Å². The van der Waals surface area contributed by atoms with Gasteiger partial charge in [-0.2, -0.15) is 0 Å². The zero-order chi connectivity index (χ0) is 14.4. The number of hydrogen-bond donors (Lipinski definition) is 1. The summed E-state index contributed by atoms with van der Waals surface area (Å²) >= 11 is 0. The van der Waals surface area contributed by atoms with Crippen molar-refractivity contribution in [1.82, 2.24) is 4.98 Å². The number of ketones is 1. The Morgan fingerprint density at radius 2 is 1.81 bits per heavy atom. The first-order chi connectivity index (χ1) is 10.2. The number of H-pyrrole nitrogens is 1. The van der Waals surface area contributed by atoms with Gasteiger partial charge < -0.3 is 9.40 Å². The predicted octanol–water partition coefficient (Wildman–Crippen LogP) is 4.45. The number of nitrogens with one attached hydrogen (secondary N) is 1. The summed E-state index contributed by atoms with van der Waals surface area (Å²) in [6.45, 7) is 1.91. The van der Waals surface area contributed by atoms with Gasteiger partial charge in [0.1, 0.15) is 5.58 Å². The average Bonchev–Trinajstić information content (AvgIpc) is 3.06. The summed E-state index contributed by atoms with van der Waals surface area (Å²) in [6.07, 6.45) is 0. The number of aromatic amines is 1. The molecule has 0 spiro atoms. The Morgan fingerprint density at radius 3 is 2.67 bits per heavy atom. The second kappa shape index (κ2) is 4.35. The molecule has 2 aromatic heterocycles. The van der Waals surface area contributed by atoms with E-state index in [1.165, 1.54) is 0 Å². The van der Waals surface area contributed by atoms with E-state index < -0.39 is 0 Å².